The molecule has 388 valence electrons. The SMILES string of the molecule is CCCCC/C=C\C/C=C\C/C=C\C/C=C\C/C=C\CCC(=O)OC(COC(=O)CCCCCCCCCCCCCCCCC)COC(=O)CCCCCCCCCCCCCCCCC. The molecule has 0 amide bonds. The van der Waals surface area contributed by atoms with Gasteiger partial charge in [-0.05, 0) is 57.8 Å². The first kappa shape index (κ1) is 64.1. The second-order valence-electron chi connectivity index (χ2n) is 19.2. The summed E-state index contributed by atoms with van der Waals surface area (Å²) >= 11 is 0. The van der Waals surface area contributed by atoms with E-state index in [9.17, 15) is 14.4 Å². The highest BCUT2D eigenvalue weighted by Gasteiger charge is 2.19. The molecular weight excluding hydrogens is 829 g/mol. The monoisotopic (exact) mass is 937 g/mol. The van der Waals surface area contributed by atoms with Gasteiger partial charge in [0.25, 0.3) is 0 Å². The lowest BCUT2D eigenvalue weighted by Crippen LogP contribution is -2.30. The Bertz CT molecular complexity index is 1160. The second kappa shape index (κ2) is 55.7. The molecule has 0 aromatic carbocycles. The van der Waals surface area contributed by atoms with Crippen molar-refractivity contribution in [2.24, 2.45) is 0 Å². The lowest BCUT2D eigenvalue weighted by molar-refractivity contribution is -0.166. The molecule has 0 aromatic rings. The molecule has 0 rings (SSSR count). The summed E-state index contributed by atoms with van der Waals surface area (Å²) in [5.41, 5.74) is 0. The summed E-state index contributed by atoms with van der Waals surface area (Å²) in [6, 6.07) is 0. The van der Waals surface area contributed by atoms with Crippen LogP contribution in [-0.2, 0) is 28.6 Å². The number of rotatable bonds is 52. The molecule has 0 radical (unpaired) electrons. The number of hydrogen-bond acceptors (Lipinski definition) is 6. The predicted molar refractivity (Wildman–Crippen MR) is 288 cm³/mol. The van der Waals surface area contributed by atoms with E-state index in [1.807, 2.05) is 6.08 Å². The lowest BCUT2D eigenvalue weighted by atomic mass is 10.0. The topological polar surface area (TPSA) is 78.9 Å². The minimum atomic E-state index is -0.810. The molecule has 0 unspecified atom stereocenters. The van der Waals surface area contributed by atoms with Gasteiger partial charge in [-0.3, -0.25) is 14.4 Å². The van der Waals surface area contributed by atoms with E-state index in [4.69, 9.17) is 14.2 Å². The first-order valence-corrected chi connectivity index (χ1v) is 28.8. The normalized spacial score (nSPS) is 12.1. The number of carbonyl (C=O) groups excluding carboxylic acids is 3. The van der Waals surface area contributed by atoms with E-state index in [0.717, 1.165) is 64.2 Å². The Balaban J connectivity index is 4.47. The molecule has 0 fully saturated rings. The van der Waals surface area contributed by atoms with Crippen molar-refractivity contribution in [3.05, 3.63) is 60.8 Å². The first-order chi connectivity index (χ1) is 33.0. The molecule has 6 heteroatoms. The molecule has 0 spiro atoms. The molecule has 0 saturated carbocycles. The van der Waals surface area contributed by atoms with Gasteiger partial charge in [0.05, 0.1) is 0 Å². The third-order valence-electron chi connectivity index (χ3n) is 12.5. The fourth-order valence-electron chi connectivity index (χ4n) is 8.19. The highest BCUT2D eigenvalue weighted by atomic mass is 16.6. The summed E-state index contributed by atoms with van der Waals surface area (Å²) in [5, 5.41) is 0. The van der Waals surface area contributed by atoms with Crippen LogP contribution in [0, 0.1) is 0 Å². The smallest absolute Gasteiger partial charge is 0.306 e. The van der Waals surface area contributed by atoms with Crippen molar-refractivity contribution in [1.82, 2.24) is 0 Å². The number of allylic oxidation sites excluding steroid dienone is 10. The van der Waals surface area contributed by atoms with Gasteiger partial charge >= 0.3 is 17.9 Å². The number of esters is 3. The Labute approximate surface area is 415 Å². The molecule has 6 nitrogen and oxygen atoms in total. The maximum Gasteiger partial charge on any atom is 0.306 e. The van der Waals surface area contributed by atoms with Gasteiger partial charge in [-0.25, -0.2) is 0 Å². The largest absolute Gasteiger partial charge is 0.462 e. The van der Waals surface area contributed by atoms with Gasteiger partial charge in [-0.15, -0.1) is 0 Å². The van der Waals surface area contributed by atoms with Crippen molar-refractivity contribution in [3.63, 3.8) is 0 Å². The van der Waals surface area contributed by atoms with Crippen LogP contribution in [-0.4, -0.2) is 37.2 Å². The molecule has 0 aliphatic heterocycles. The molecule has 0 bridgehead atoms. The zero-order valence-corrected chi connectivity index (χ0v) is 44.4. The average Bonchev–Trinajstić information content (AvgIpc) is 3.33. The minimum absolute atomic E-state index is 0.0997. The highest BCUT2D eigenvalue weighted by molar-refractivity contribution is 5.71. The summed E-state index contributed by atoms with van der Waals surface area (Å²) in [4.78, 5) is 38.1. The van der Waals surface area contributed by atoms with E-state index in [1.54, 1.807) is 0 Å². The van der Waals surface area contributed by atoms with Crippen LogP contribution < -0.4 is 0 Å². The zero-order chi connectivity index (χ0) is 48.6. The van der Waals surface area contributed by atoms with Crippen LogP contribution in [0.25, 0.3) is 0 Å². The van der Waals surface area contributed by atoms with Crippen LogP contribution >= 0.6 is 0 Å². The molecular formula is C61H108O6. The van der Waals surface area contributed by atoms with Gasteiger partial charge in [0.15, 0.2) is 6.10 Å². The lowest BCUT2D eigenvalue weighted by Gasteiger charge is -2.18. The van der Waals surface area contributed by atoms with E-state index in [-0.39, 0.29) is 37.5 Å². The maximum atomic E-state index is 12.8. The van der Waals surface area contributed by atoms with Gasteiger partial charge in [-0.2, -0.15) is 0 Å². The molecule has 0 N–H and O–H groups in total. The third kappa shape index (κ3) is 53.9. The van der Waals surface area contributed by atoms with Crippen LogP contribution in [0.4, 0.5) is 0 Å². The molecule has 0 aliphatic carbocycles. The van der Waals surface area contributed by atoms with Crippen molar-refractivity contribution < 1.29 is 28.6 Å². The third-order valence-corrected chi connectivity index (χ3v) is 12.5. The van der Waals surface area contributed by atoms with Crippen LogP contribution in [0.1, 0.15) is 290 Å². The fourth-order valence-corrected chi connectivity index (χ4v) is 8.19. The van der Waals surface area contributed by atoms with Crippen molar-refractivity contribution in [2.75, 3.05) is 13.2 Å². The Morgan fingerprint density at radius 3 is 0.896 bits per heavy atom. The number of carbonyl (C=O) groups is 3. The Morgan fingerprint density at radius 1 is 0.299 bits per heavy atom. The maximum absolute atomic E-state index is 12.8. The summed E-state index contributed by atoms with van der Waals surface area (Å²) in [6.07, 6.45) is 69.3. The van der Waals surface area contributed by atoms with E-state index < -0.39 is 6.10 Å². The van der Waals surface area contributed by atoms with Crippen molar-refractivity contribution >= 4 is 17.9 Å². The van der Waals surface area contributed by atoms with Crippen molar-refractivity contribution in [2.45, 2.75) is 297 Å². The van der Waals surface area contributed by atoms with Crippen molar-refractivity contribution in [3.8, 4) is 0 Å². The zero-order valence-electron chi connectivity index (χ0n) is 44.4. The van der Waals surface area contributed by atoms with E-state index in [0.29, 0.717) is 19.3 Å². The second-order valence-corrected chi connectivity index (χ2v) is 19.2. The summed E-state index contributed by atoms with van der Waals surface area (Å²) in [6.45, 7) is 6.58. The molecule has 0 aromatic heterocycles. The van der Waals surface area contributed by atoms with Crippen LogP contribution in [0.2, 0.25) is 0 Å². The molecule has 0 saturated heterocycles. The Kier molecular flexibility index (Phi) is 53.3. The van der Waals surface area contributed by atoms with Crippen LogP contribution in [0.5, 0.6) is 0 Å². The van der Waals surface area contributed by atoms with E-state index >= 15 is 0 Å². The Morgan fingerprint density at radius 2 is 0.567 bits per heavy atom. The van der Waals surface area contributed by atoms with Crippen molar-refractivity contribution in [1.29, 1.82) is 0 Å². The summed E-state index contributed by atoms with van der Waals surface area (Å²) in [5.74, 6) is -0.969. The minimum Gasteiger partial charge on any atom is -0.462 e. The standard InChI is InChI=1S/C61H108O6/c1-4-7-10-13-16-19-22-25-28-29-30-31-34-37-40-43-46-49-52-55-61(64)67-58(56-65-59(62)53-50-47-44-41-38-35-32-26-23-20-17-14-11-8-5-2)57-66-60(63)54-51-48-45-42-39-36-33-27-24-21-18-15-12-9-6-3/h16,19,25,28,30-31,37,40,46,49,58H,4-15,17-18,20-24,26-27,29,32-36,38-39,41-45,47-48,50-57H2,1-3H3/b19-16-,28-25-,31-30-,40-37-,49-46-. The Hall–Kier alpha value is -2.89. The first-order valence-electron chi connectivity index (χ1n) is 28.8. The molecule has 0 heterocycles. The van der Waals surface area contributed by atoms with Gasteiger partial charge < -0.3 is 14.2 Å². The number of unbranched alkanes of at least 4 members (excludes halogenated alkanes) is 31. The van der Waals surface area contributed by atoms with Gasteiger partial charge in [0.2, 0.25) is 0 Å². The summed E-state index contributed by atoms with van der Waals surface area (Å²) < 4.78 is 16.8. The van der Waals surface area contributed by atoms with Crippen LogP contribution in [0.15, 0.2) is 60.8 Å². The molecule has 0 atom stereocenters. The fraction of sp³-hybridized carbons (Fsp3) is 0.787. The highest BCUT2D eigenvalue weighted by Crippen LogP contribution is 2.16. The number of hydrogen-bond donors (Lipinski definition) is 0. The predicted octanol–water partition coefficient (Wildman–Crippen LogP) is 19.2. The van der Waals surface area contributed by atoms with Gasteiger partial charge in [0, 0.05) is 19.3 Å². The molecule has 0 aliphatic rings. The van der Waals surface area contributed by atoms with Crippen LogP contribution in [0.3, 0.4) is 0 Å². The van der Waals surface area contributed by atoms with E-state index in [1.165, 1.54) is 180 Å². The number of ether oxygens (including phenoxy) is 3. The molecule has 67 heavy (non-hydrogen) atoms. The van der Waals surface area contributed by atoms with Gasteiger partial charge in [-0.1, -0.05) is 274 Å². The van der Waals surface area contributed by atoms with E-state index in [2.05, 4.69) is 75.5 Å². The average molecular weight is 938 g/mol. The summed E-state index contributed by atoms with van der Waals surface area (Å²) in [7, 11) is 0. The quantitative estimate of drug-likeness (QED) is 0.0262. The van der Waals surface area contributed by atoms with Gasteiger partial charge in [0.1, 0.15) is 13.2 Å².